The van der Waals surface area contributed by atoms with E-state index in [0.29, 0.717) is 0 Å². The van der Waals surface area contributed by atoms with Gasteiger partial charge in [0.15, 0.2) is 0 Å². The number of hydrogen-bond donors (Lipinski definition) is 0. The van der Waals surface area contributed by atoms with E-state index in [0.717, 1.165) is 5.54 Å². The molecule has 1 heteroatoms. The van der Waals surface area contributed by atoms with Crippen LogP contribution in [0.15, 0.2) is 48.0 Å². The van der Waals surface area contributed by atoms with Crippen molar-refractivity contribution in [3.05, 3.63) is 64.7 Å². The monoisotopic (exact) mass is 306 g/mol. The van der Waals surface area contributed by atoms with Gasteiger partial charge in [-0.3, -0.25) is 0 Å². The Bertz CT molecular complexity index is 715. The van der Waals surface area contributed by atoms with Crippen molar-refractivity contribution < 1.29 is 0 Å². The van der Waals surface area contributed by atoms with E-state index in [9.17, 15) is 0 Å². The maximum Gasteiger partial charge on any atom is 0.0308 e. The van der Waals surface area contributed by atoms with Gasteiger partial charge in [-0.2, -0.15) is 0 Å². The highest BCUT2D eigenvalue weighted by molar-refractivity contribution is 6.38. The topological polar surface area (TPSA) is 0 Å². The fourth-order valence-electron chi connectivity index (χ4n) is 3.56. The van der Waals surface area contributed by atoms with Gasteiger partial charge in [0, 0.05) is 9.52 Å². The molecule has 0 saturated carbocycles. The van der Waals surface area contributed by atoms with Crippen molar-refractivity contribution in [1.29, 1.82) is 0 Å². The molecule has 114 valence electrons. The summed E-state index contributed by atoms with van der Waals surface area (Å²) in [6.45, 7) is 11.5. The lowest BCUT2D eigenvalue weighted by Gasteiger charge is -2.19. The third kappa shape index (κ3) is 2.59. The third-order valence-corrected chi connectivity index (χ3v) is 6.81. The zero-order valence-corrected chi connectivity index (χ0v) is 15.8. The summed E-state index contributed by atoms with van der Waals surface area (Å²) in [5.41, 5.74) is 9.66. The minimum Gasteiger partial charge on any atom is -0.0740 e. The quantitative estimate of drug-likeness (QED) is 0.658. The highest BCUT2D eigenvalue weighted by atomic mass is 28.2. The average molecular weight is 307 g/mol. The average Bonchev–Trinajstić information content (AvgIpc) is 2.81. The van der Waals surface area contributed by atoms with Crippen LogP contribution in [0.1, 0.15) is 49.9 Å². The second-order valence-electron chi connectivity index (χ2n) is 7.49. The molecule has 0 aliphatic heterocycles. The van der Waals surface area contributed by atoms with Crippen molar-refractivity contribution in [3.8, 4) is 11.1 Å². The Morgan fingerprint density at radius 3 is 2.23 bits per heavy atom. The van der Waals surface area contributed by atoms with Gasteiger partial charge in [0.05, 0.1) is 0 Å². The van der Waals surface area contributed by atoms with E-state index in [1.165, 1.54) is 22.3 Å². The first-order valence-corrected chi connectivity index (χ1v) is 10.6. The van der Waals surface area contributed by atoms with Crippen LogP contribution in [0.2, 0.25) is 6.55 Å². The van der Waals surface area contributed by atoms with Gasteiger partial charge < -0.3 is 0 Å². The van der Waals surface area contributed by atoms with Gasteiger partial charge in [-0.1, -0.05) is 81.4 Å². The molecule has 3 rings (SSSR count). The maximum absolute atomic E-state index is 2.42. The van der Waals surface area contributed by atoms with Gasteiger partial charge in [0.1, 0.15) is 0 Å². The standard InChI is InChI=1S/C21H26Si/c1-14-13-19-17(7-6-8-18(19)20(14)22-5)15-9-11-16(12-10-15)21(2,3)4/h6-13,20H,22H2,1-5H3. The number of benzene rings is 2. The molecule has 1 aliphatic rings. The minimum absolute atomic E-state index is 0.0549. The number of rotatable bonds is 2. The first-order chi connectivity index (χ1) is 10.4. The lowest BCUT2D eigenvalue weighted by molar-refractivity contribution is 0.590. The molecule has 0 radical (unpaired) electrons. The summed E-state index contributed by atoms with van der Waals surface area (Å²) >= 11 is 0. The van der Waals surface area contributed by atoms with Gasteiger partial charge in [-0.25, -0.2) is 0 Å². The predicted molar refractivity (Wildman–Crippen MR) is 101 cm³/mol. The van der Waals surface area contributed by atoms with Crippen LogP contribution < -0.4 is 0 Å². The Morgan fingerprint density at radius 1 is 0.955 bits per heavy atom. The molecule has 0 fully saturated rings. The molecule has 0 bridgehead atoms. The first-order valence-electron chi connectivity index (χ1n) is 8.34. The second-order valence-corrected chi connectivity index (χ2v) is 9.12. The summed E-state index contributed by atoms with van der Waals surface area (Å²) in [5, 5.41) is 0. The van der Waals surface area contributed by atoms with Crippen molar-refractivity contribution in [1.82, 2.24) is 0 Å². The summed E-state index contributed by atoms with van der Waals surface area (Å²) < 4.78 is 0. The van der Waals surface area contributed by atoms with E-state index in [-0.39, 0.29) is 14.9 Å². The smallest absolute Gasteiger partial charge is 0.0308 e. The van der Waals surface area contributed by atoms with E-state index >= 15 is 0 Å². The van der Waals surface area contributed by atoms with Crippen LogP contribution in [0.25, 0.3) is 17.2 Å². The Balaban J connectivity index is 2.06. The molecule has 2 aromatic carbocycles. The van der Waals surface area contributed by atoms with Crippen LogP contribution in [-0.2, 0) is 5.41 Å². The Kier molecular flexibility index (Phi) is 3.86. The molecular formula is C21H26Si. The molecule has 2 aromatic rings. The van der Waals surface area contributed by atoms with Crippen molar-refractivity contribution in [2.24, 2.45) is 0 Å². The lowest BCUT2D eigenvalue weighted by Crippen LogP contribution is -2.10. The van der Waals surface area contributed by atoms with Crippen molar-refractivity contribution in [3.63, 3.8) is 0 Å². The van der Waals surface area contributed by atoms with E-state index in [2.05, 4.69) is 82.8 Å². The van der Waals surface area contributed by atoms with E-state index in [1.807, 2.05) is 0 Å². The van der Waals surface area contributed by atoms with E-state index in [1.54, 1.807) is 11.1 Å². The summed E-state index contributed by atoms with van der Waals surface area (Å²) in [6.07, 6.45) is 2.42. The fraction of sp³-hybridized carbons (Fsp3) is 0.333. The molecular weight excluding hydrogens is 280 g/mol. The van der Waals surface area contributed by atoms with Crippen molar-refractivity contribution in [2.45, 2.75) is 45.2 Å². The Hall–Kier alpha value is -1.60. The van der Waals surface area contributed by atoms with Gasteiger partial charge in [-0.15, -0.1) is 0 Å². The molecule has 0 amide bonds. The molecule has 1 aliphatic carbocycles. The van der Waals surface area contributed by atoms with Crippen LogP contribution in [-0.4, -0.2) is 9.52 Å². The fourth-order valence-corrected chi connectivity index (χ4v) is 5.12. The molecule has 0 aromatic heterocycles. The zero-order valence-electron chi connectivity index (χ0n) is 14.4. The van der Waals surface area contributed by atoms with Gasteiger partial charge in [-0.05, 0) is 45.7 Å². The lowest BCUT2D eigenvalue weighted by atomic mass is 9.86. The molecule has 0 saturated heterocycles. The van der Waals surface area contributed by atoms with Gasteiger partial charge >= 0.3 is 0 Å². The van der Waals surface area contributed by atoms with Crippen LogP contribution in [0.3, 0.4) is 0 Å². The molecule has 22 heavy (non-hydrogen) atoms. The van der Waals surface area contributed by atoms with E-state index < -0.39 is 0 Å². The predicted octanol–water partition coefficient (Wildman–Crippen LogP) is 5.33. The van der Waals surface area contributed by atoms with Crippen LogP contribution in [0.4, 0.5) is 0 Å². The zero-order chi connectivity index (χ0) is 15.9. The summed E-state index contributed by atoms with van der Waals surface area (Å²) in [6, 6.07) is 16.0. The third-order valence-electron chi connectivity index (χ3n) is 4.91. The Labute approximate surface area is 137 Å². The molecule has 1 unspecified atom stereocenters. The molecule has 0 heterocycles. The van der Waals surface area contributed by atoms with Gasteiger partial charge in [0.2, 0.25) is 0 Å². The molecule has 0 spiro atoms. The van der Waals surface area contributed by atoms with Crippen molar-refractivity contribution >= 4 is 15.6 Å². The Morgan fingerprint density at radius 2 is 1.64 bits per heavy atom. The maximum atomic E-state index is 2.42. The highest BCUT2D eigenvalue weighted by Gasteiger charge is 2.23. The second kappa shape index (κ2) is 5.55. The summed E-state index contributed by atoms with van der Waals surface area (Å²) in [4.78, 5) is 0. The normalized spacial score (nSPS) is 17.9. The van der Waals surface area contributed by atoms with Crippen molar-refractivity contribution in [2.75, 3.05) is 0 Å². The van der Waals surface area contributed by atoms with Crippen LogP contribution >= 0.6 is 0 Å². The minimum atomic E-state index is -0.0549. The number of hydrogen-bond acceptors (Lipinski definition) is 0. The van der Waals surface area contributed by atoms with Gasteiger partial charge in [0.25, 0.3) is 0 Å². The number of allylic oxidation sites excluding steroid dienone is 1. The van der Waals surface area contributed by atoms with Crippen LogP contribution in [0.5, 0.6) is 0 Å². The summed E-state index contributed by atoms with van der Waals surface area (Å²) in [5.74, 6) is 0. The first kappa shape index (κ1) is 15.3. The van der Waals surface area contributed by atoms with E-state index in [4.69, 9.17) is 0 Å². The largest absolute Gasteiger partial charge is 0.0740 e. The highest BCUT2D eigenvalue weighted by Crippen LogP contribution is 2.40. The molecule has 0 N–H and O–H groups in total. The number of fused-ring (bicyclic) bond motifs is 1. The molecule has 1 atom stereocenters. The summed E-state index contributed by atoms with van der Waals surface area (Å²) in [7, 11) is -0.0549. The molecule has 0 nitrogen and oxygen atoms in total. The van der Waals surface area contributed by atoms with Crippen LogP contribution in [0, 0.1) is 0 Å². The SMILES string of the molecule is C[SiH2]C1C(C)=Cc2c(-c3ccc(C(C)(C)C)cc3)cccc21.